The molecule has 1 aromatic rings. The van der Waals surface area contributed by atoms with Gasteiger partial charge in [0.2, 0.25) is 0 Å². The van der Waals surface area contributed by atoms with Gasteiger partial charge in [0.1, 0.15) is 5.82 Å². The highest BCUT2D eigenvalue weighted by atomic mass is 19.1. The molecule has 6 heteroatoms. The lowest BCUT2D eigenvalue weighted by molar-refractivity contribution is -0.113. The number of ether oxygens (including phenoxy) is 1. The number of amides is 1. The van der Waals surface area contributed by atoms with E-state index in [1.54, 1.807) is 18.2 Å². The predicted molar refractivity (Wildman–Crippen MR) is 93.1 cm³/mol. The van der Waals surface area contributed by atoms with Crippen molar-refractivity contribution in [2.24, 2.45) is 0 Å². The number of hydrogen-bond donors (Lipinski definition) is 0. The van der Waals surface area contributed by atoms with Crippen LogP contribution in [0.1, 0.15) is 24.2 Å². The van der Waals surface area contributed by atoms with Crippen molar-refractivity contribution in [2.45, 2.75) is 31.5 Å². The Kier molecular flexibility index (Phi) is 4.30. The van der Waals surface area contributed by atoms with E-state index < -0.39 is 5.82 Å². The van der Waals surface area contributed by atoms with Crippen molar-refractivity contribution in [1.82, 2.24) is 14.7 Å². The van der Waals surface area contributed by atoms with Crippen molar-refractivity contribution < 1.29 is 13.9 Å². The van der Waals surface area contributed by atoms with Gasteiger partial charge in [-0.25, -0.2) is 4.39 Å². The zero-order valence-electron chi connectivity index (χ0n) is 14.9. The highest BCUT2D eigenvalue weighted by Gasteiger charge is 2.45. The lowest BCUT2D eigenvalue weighted by atomic mass is 9.91. The minimum Gasteiger partial charge on any atom is -0.378 e. The molecule has 0 radical (unpaired) electrons. The number of nitrogens with zero attached hydrogens (tertiary/aromatic N) is 3. The van der Waals surface area contributed by atoms with Gasteiger partial charge in [-0.1, -0.05) is 12.1 Å². The Balaban J connectivity index is 1.53. The summed E-state index contributed by atoms with van der Waals surface area (Å²) in [4.78, 5) is 19.7. The summed E-state index contributed by atoms with van der Waals surface area (Å²) in [6.07, 6.45) is 0. The van der Waals surface area contributed by atoms with Crippen molar-refractivity contribution in [3.05, 3.63) is 35.6 Å². The molecule has 0 spiro atoms. The summed E-state index contributed by atoms with van der Waals surface area (Å²) in [5.74, 6) is -0.639. The van der Waals surface area contributed by atoms with Gasteiger partial charge in [0.05, 0.1) is 24.8 Å². The van der Waals surface area contributed by atoms with Crippen LogP contribution in [0.5, 0.6) is 0 Å². The average Bonchev–Trinajstić information content (AvgIpc) is 2.52. The third-order valence-corrected chi connectivity index (χ3v) is 5.83. The molecule has 3 aliphatic heterocycles. The molecule has 0 bridgehead atoms. The first-order valence-electron chi connectivity index (χ1n) is 9.08. The Morgan fingerprint density at radius 3 is 2.60 bits per heavy atom. The summed E-state index contributed by atoms with van der Waals surface area (Å²) in [7, 11) is 0. The van der Waals surface area contributed by atoms with E-state index in [1.807, 2.05) is 4.90 Å². The first-order valence-corrected chi connectivity index (χ1v) is 9.08. The van der Waals surface area contributed by atoms with Gasteiger partial charge in [-0.2, -0.15) is 0 Å². The number of halogens is 1. The molecule has 136 valence electrons. The molecule has 1 unspecified atom stereocenters. The molecule has 1 amide bonds. The van der Waals surface area contributed by atoms with Gasteiger partial charge in [-0.3, -0.25) is 14.6 Å². The van der Waals surface area contributed by atoms with Crippen LogP contribution in [-0.2, 0) is 4.74 Å². The minimum atomic E-state index is -0.440. The van der Waals surface area contributed by atoms with Gasteiger partial charge in [0.15, 0.2) is 0 Å². The zero-order valence-corrected chi connectivity index (χ0v) is 14.9. The van der Waals surface area contributed by atoms with Gasteiger partial charge in [-0.05, 0) is 26.0 Å². The Morgan fingerprint density at radius 1 is 1.16 bits per heavy atom. The number of hydrogen-bond acceptors (Lipinski definition) is 4. The van der Waals surface area contributed by atoms with Crippen molar-refractivity contribution >= 4 is 5.91 Å². The molecular weight excluding hydrogens is 321 g/mol. The fourth-order valence-corrected chi connectivity index (χ4v) is 4.43. The second-order valence-electron chi connectivity index (χ2n) is 8.01. The Bertz CT molecular complexity index is 662. The summed E-state index contributed by atoms with van der Waals surface area (Å²) in [5.41, 5.74) is 0.0678. The van der Waals surface area contributed by atoms with Crippen LogP contribution in [-0.4, -0.2) is 84.2 Å². The normalized spacial score (nSPS) is 27.6. The molecule has 3 aliphatic rings. The van der Waals surface area contributed by atoms with Crippen molar-refractivity contribution in [1.29, 1.82) is 0 Å². The molecule has 1 aromatic carbocycles. The number of piperazine rings is 2. The summed E-state index contributed by atoms with van der Waals surface area (Å²) in [5, 5.41) is 0. The zero-order chi connectivity index (χ0) is 17.6. The van der Waals surface area contributed by atoms with E-state index in [9.17, 15) is 9.18 Å². The maximum absolute atomic E-state index is 14.1. The van der Waals surface area contributed by atoms with E-state index >= 15 is 0 Å². The minimum absolute atomic E-state index is 0.105. The smallest absolute Gasteiger partial charge is 0.256 e. The van der Waals surface area contributed by atoms with Crippen LogP contribution < -0.4 is 0 Å². The molecule has 3 heterocycles. The van der Waals surface area contributed by atoms with Gasteiger partial charge >= 0.3 is 0 Å². The standard InChI is InChI=1S/C19H26FN3O2/c1-19(2)13-22(18(24)16-5-3-4-6-17(16)20)10-14-9-21(7-8-23(14)19)15-11-25-12-15/h3-6,14-15H,7-13H2,1-2H3. The molecule has 0 aromatic heterocycles. The largest absolute Gasteiger partial charge is 0.378 e. The van der Waals surface area contributed by atoms with E-state index in [2.05, 4.69) is 23.6 Å². The first-order chi connectivity index (χ1) is 12.0. The molecule has 0 N–H and O–H groups in total. The monoisotopic (exact) mass is 347 g/mol. The van der Waals surface area contributed by atoms with Gasteiger partial charge in [0, 0.05) is 44.3 Å². The van der Waals surface area contributed by atoms with E-state index in [4.69, 9.17) is 4.74 Å². The molecule has 4 rings (SSSR count). The summed E-state index contributed by atoms with van der Waals surface area (Å²) < 4.78 is 19.4. The lowest BCUT2D eigenvalue weighted by Crippen LogP contribution is -2.71. The number of carbonyl (C=O) groups is 1. The highest BCUT2D eigenvalue weighted by Crippen LogP contribution is 2.30. The van der Waals surface area contributed by atoms with Crippen LogP contribution in [0.2, 0.25) is 0 Å². The number of carbonyl (C=O) groups excluding carboxylic acids is 1. The summed E-state index contributed by atoms with van der Waals surface area (Å²) in [6.45, 7) is 10.3. The van der Waals surface area contributed by atoms with Gasteiger partial charge < -0.3 is 9.64 Å². The Labute approximate surface area is 148 Å². The molecule has 3 fully saturated rings. The molecule has 3 saturated heterocycles. The molecule has 0 saturated carbocycles. The van der Waals surface area contributed by atoms with Crippen LogP contribution in [0.3, 0.4) is 0 Å². The SMILES string of the molecule is CC1(C)CN(C(=O)c2ccccc2F)CC2CN(C3COC3)CCN21. The fourth-order valence-electron chi connectivity index (χ4n) is 4.43. The van der Waals surface area contributed by atoms with E-state index in [0.29, 0.717) is 19.1 Å². The maximum Gasteiger partial charge on any atom is 0.256 e. The van der Waals surface area contributed by atoms with Crippen molar-refractivity contribution in [3.8, 4) is 0 Å². The van der Waals surface area contributed by atoms with Gasteiger partial charge in [-0.15, -0.1) is 0 Å². The quantitative estimate of drug-likeness (QED) is 0.811. The summed E-state index contributed by atoms with van der Waals surface area (Å²) in [6, 6.07) is 7.07. The van der Waals surface area contributed by atoms with E-state index in [0.717, 1.165) is 32.8 Å². The first kappa shape index (κ1) is 16.9. The van der Waals surface area contributed by atoms with Crippen LogP contribution in [0.15, 0.2) is 24.3 Å². The lowest BCUT2D eigenvalue weighted by Gasteiger charge is -2.57. The molecule has 25 heavy (non-hydrogen) atoms. The number of benzene rings is 1. The van der Waals surface area contributed by atoms with Crippen LogP contribution >= 0.6 is 0 Å². The van der Waals surface area contributed by atoms with E-state index in [-0.39, 0.29) is 23.1 Å². The van der Waals surface area contributed by atoms with Crippen LogP contribution in [0, 0.1) is 5.82 Å². The third-order valence-electron chi connectivity index (χ3n) is 5.83. The fraction of sp³-hybridized carbons (Fsp3) is 0.632. The average molecular weight is 347 g/mol. The molecule has 0 aliphatic carbocycles. The third kappa shape index (κ3) is 3.07. The van der Waals surface area contributed by atoms with E-state index in [1.165, 1.54) is 6.07 Å². The maximum atomic E-state index is 14.1. The van der Waals surface area contributed by atoms with Crippen molar-refractivity contribution in [3.63, 3.8) is 0 Å². The Hall–Kier alpha value is -1.50. The molecule has 1 atom stereocenters. The van der Waals surface area contributed by atoms with Crippen molar-refractivity contribution in [2.75, 3.05) is 45.9 Å². The summed E-state index contributed by atoms with van der Waals surface area (Å²) >= 11 is 0. The molecule has 5 nitrogen and oxygen atoms in total. The van der Waals surface area contributed by atoms with Gasteiger partial charge in [0.25, 0.3) is 5.91 Å². The highest BCUT2D eigenvalue weighted by molar-refractivity contribution is 5.94. The predicted octanol–water partition coefficient (Wildman–Crippen LogP) is 1.45. The second-order valence-corrected chi connectivity index (χ2v) is 8.01. The number of rotatable bonds is 2. The Morgan fingerprint density at radius 2 is 1.92 bits per heavy atom. The van der Waals surface area contributed by atoms with Crippen LogP contribution in [0.25, 0.3) is 0 Å². The number of fused-ring (bicyclic) bond motifs is 1. The molecular formula is C19H26FN3O2. The topological polar surface area (TPSA) is 36.0 Å². The second kappa shape index (κ2) is 6.34. The van der Waals surface area contributed by atoms with Crippen LogP contribution in [0.4, 0.5) is 4.39 Å².